The molecule has 1 fully saturated rings. The predicted molar refractivity (Wildman–Crippen MR) is 72.2 cm³/mol. The van der Waals surface area contributed by atoms with Crippen molar-refractivity contribution in [3.63, 3.8) is 0 Å². The Bertz CT molecular complexity index is 422. The van der Waals surface area contributed by atoms with Crippen molar-refractivity contribution in [2.75, 3.05) is 19.7 Å². The summed E-state index contributed by atoms with van der Waals surface area (Å²) < 4.78 is 26.2. The number of halogens is 2. The Morgan fingerprint density at radius 3 is 2.55 bits per heavy atom. The summed E-state index contributed by atoms with van der Waals surface area (Å²) in [6, 6.07) is 3.25. The number of benzene rings is 1. The number of aliphatic hydroxyl groups is 2. The highest BCUT2D eigenvalue weighted by Crippen LogP contribution is 2.22. The lowest BCUT2D eigenvalue weighted by Gasteiger charge is -2.35. The molecule has 1 saturated heterocycles. The van der Waals surface area contributed by atoms with Gasteiger partial charge in [0.1, 0.15) is 11.6 Å². The molecular formula is C15H21F2NO2. The second-order valence-electron chi connectivity index (χ2n) is 5.38. The molecule has 0 spiro atoms. The molecule has 0 aliphatic carbocycles. The number of hydrogen-bond donors (Lipinski definition) is 2. The predicted octanol–water partition coefficient (Wildman–Crippen LogP) is 2.24. The van der Waals surface area contributed by atoms with Crippen molar-refractivity contribution in [2.24, 2.45) is 0 Å². The van der Waals surface area contributed by atoms with E-state index in [2.05, 4.69) is 4.90 Å². The van der Waals surface area contributed by atoms with E-state index in [4.69, 9.17) is 0 Å². The second kappa shape index (κ2) is 7.11. The van der Waals surface area contributed by atoms with Gasteiger partial charge in [-0.25, -0.2) is 8.78 Å². The highest BCUT2D eigenvalue weighted by atomic mass is 19.1. The molecule has 5 heteroatoms. The van der Waals surface area contributed by atoms with Crippen LogP contribution in [-0.2, 0) is 0 Å². The summed E-state index contributed by atoms with van der Waals surface area (Å²) in [5.41, 5.74) is 0.264. The third-order valence-electron chi connectivity index (χ3n) is 3.92. The molecule has 1 aromatic carbocycles. The van der Waals surface area contributed by atoms with Crippen LogP contribution in [0.3, 0.4) is 0 Å². The first kappa shape index (κ1) is 15.4. The summed E-state index contributed by atoms with van der Waals surface area (Å²) in [5, 5.41) is 19.3. The fraction of sp³-hybridized carbons (Fsp3) is 0.600. The van der Waals surface area contributed by atoms with E-state index in [0.29, 0.717) is 13.0 Å². The van der Waals surface area contributed by atoms with Crippen molar-refractivity contribution in [1.29, 1.82) is 0 Å². The zero-order valence-electron chi connectivity index (χ0n) is 11.4. The Balaban J connectivity index is 1.92. The quantitative estimate of drug-likeness (QED) is 0.872. The van der Waals surface area contributed by atoms with Crippen molar-refractivity contribution >= 4 is 0 Å². The summed E-state index contributed by atoms with van der Waals surface area (Å²) >= 11 is 0. The average Bonchev–Trinajstić information content (AvgIpc) is 2.44. The fourth-order valence-corrected chi connectivity index (χ4v) is 2.78. The first-order valence-corrected chi connectivity index (χ1v) is 7.09. The molecule has 0 saturated carbocycles. The van der Waals surface area contributed by atoms with Crippen LogP contribution in [0.1, 0.15) is 37.4 Å². The van der Waals surface area contributed by atoms with Gasteiger partial charge < -0.3 is 10.2 Å². The minimum atomic E-state index is -0.888. The molecule has 2 unspecified atom stereocenters. The van der Waals surface area contributed by atoms with Crippen molar-refractivity contribution < 1.29 is 19.0 Å². The molecule has 1 aromatic rings. The smallest absolute Gasteiger partial charge is 0.126 e. The van der Waals surface area contributed by atoms with Gasteiger partial charge in [-0.05, 0) is 43.5 Å². The molecular weight excluding hydrogens is 264 g/mol. The van der Waals surface area contributed by atoms with Gasteiger partial charge >= 0.3 is 0 Å². The zero-order chi connectivity index (χ0) is 14.5. The summed E-state index contributed by atoms with van der Waals surface area (Å²) in [6.07, 6.45) is 2.67. The van der Waals surface area contributed by atoms with Gasteiger partial charge in [0, 0.05) is 18.7 Å². The fourth-order valence-electron chi connectivity index (χ4n) is 2.78. The van der Waals surface area contributed by atoms with Crippen LogP contribution in [0.2, 0.25) is 0 Å². The number of rotatable bonds is 5. The lowest BCUT2D eigenvalue weighted by Crippen LogP contribution is -2.42. The van der Waals surface area contributed by atoms with Gasteiger partial charge in [-0.15, -0.1) is 0 Å². The number of piperidine rings is 1. The molecule has 0 aromatic heterocycles. The first-order valence-electron chi connectivity index (χ1n) is 7.09. The van der Waals surface area contributed by atoms with Crippen LogP contribution in [0.5, 0.6) is 0 Å². The molecule has 2 atom stereocenters. The molecule has 112 valence electrons. The Morgan fingerprint density at radius 1 is 1.20 bits per heavy atom. The monoisotopic (exact) mass is 285 g/mol. The number of nitrogens with zero attached hydrogens (tertiary/aromatic N) is 1. The van der Waals surface area contributed by atoms with Crippen LogP contribution in [-0.4, -0.2) is 40.9 Å². The Hall–Kier alpha value is -1.04. The number of aliphatic hydroxyl groups excluding tert-OH is 2. The van der Waals surface area contributed by atoms with E-state index in [1.807, 2.05) is 0 Å². The Morgan fingerprint density at radius 2 is 1.90 bits per heavy atom. The number of hydrogen-bond acceptors (Lipinski definition) is 3. The standard InChI is InChI=1S/C15H21F2NO2/c16-12-7-11(8-13(17)9-12)15(20)4-6-18-5-2-1-3-14(18)10-19/h7-9,14-15,19-20H,1-6,10H2. The molecule has 3 nitrogen and oxygen atoms in total. The summed E-state index contributed by atoms with van der Waals surface area (Å²) in [6.45, 7) is 1.63. The minimum absolute atomic E-state index is 0.116. The van der Waals surface area contributed by atoms with Crippen molar-refractivity contribution in [3.05, 3.63) is 35.4 Å². The SMILES string of the molecule is OCC1CCCCN1CCC(O)c1cc(F)cc(F)c1. The molecule has 1 heterocycles. The molecule has 20 heavy (non-hydrogen) atoms. The van der Waals surface area contributed by atoms with Crippen molar-refractivity contribution in [2.45, 2.75) is 37.8 Å². The topological polar surface area (TPSA) is 43.7 Å². The lowest BCUT2D eigenvalue weighted by atomic mass is 10.0. The minimum Gasteiger partial charge on any atom is -0.395 e. The summed E-state index contributed by atoms with van der Waals surface area (Å²) in [7, 11) is 0. The zero-order valence-corrected chi connectivity index (χ0v) is 11.4. The van der Waals surface area contributed by atoms with Crippen molar-refractivity contribution in [3.8, 4) is 0 Å². The molecule has 2 rings (SSSR count). The maximum atomic E-state index is 13.1. The van der Waals surface area contributed by atoms with Crippen LogP contribution in [0.4, 0.5) is 8.78 Å². The van der Waals surface area contributed by atoms with Gasteiger partial charge in [-0.3, -0.25) is 4.90 Å². The third kappa shape index (κ3) is 3.98. The molecule has 1 aliphatic heterocycles. The molecule has 0 radical (unpaired) electrons. The van der Waals surface area contributed by atoms with Gasteiger partial charge in [0.25, 0.3) is 0 Å². The molecule has 2 N–H and O–H groups in total. The highest BCUT2D eigenvalue weighted by molar-refractivity contribution is 5.20. The van der Waals surface area contributed by atoms with E-state index in [9.17, 15) is 19.0 Å². The van der Waals surface area contributed by atoms with Crippen LogP contribution in [0.15, 0.2) is 18.2 Å². The maximum Gasteiger partial charge on any atom is 0.126 e. The van der Waals surface area contributed by atoms with Gasteiger partial charge in [-0.2, -0.15) is 0 Å². The molecule has 0 amide bonds. The van der Waals surface area contributed by atoms with E-state index in [1.54, 1.807) is 0 Å². The van der Waals surface area contributed by atoms with Crippen LogP contribution < -0.4 is 0 Å². The normalized spacial score (nSPS) is 21.9. The van der Waals surface area contributed by atoms with Crippen LogP contribution in [0.25, 0.3) is 0 Å². The maximum absolute atomic E-state index is 13.1. The Kier molecular flexibility index (Phi) is 5.46. The van der Waals surface area contributed by atoms with E-state index in [1.165, 1.54) is 0 Å². The summed E-state index contributed by atoms with van der Waals surface area (Å²) in [5.74, 6) is -1.35. The Labute approximate surface area is 117 Å². The highest BCUT2D eigenvalue weighted by Gasteiger charge is 2.22. The molecule has 1 aliphatic rings. The van der Waals surface area contributed by atoms with Gasteiger partial charge in [-0.1, -0.05) is 6.42 Å². The van der Waals surface area contributed by atoms with Crippen LogP contribution in [0, 0.1) is 11.6 Å². The van der Waals surface area contributed by atoms with E-state index in [-0.39, 0.29) is 18.2 Å². The number of likely N-dealkylation sites (tertiary alicyclic amines) is 1. The molecule has 0 bridgehead atoms. The second-order valence-corrected chi connectivity index (χ2v) is 5.38. The average molecular weight is 285 g/mol. The van der Waals surface area contributed by atoms with Gasteiger partial charge in [0.15, 0.2) is 0 Å². The largest absolute Gasteiger partial charge is 0.395 e. The lowest BCUT2D eigenvalue weighted by molar-refractivity contribution is 0.0696. The third-order valence-corrected chi connectivity index (χ3v) is 3.92. The van der Waals surface area contributed by atoms with E-state index >= 15 is 0 Å². The first-order chi connectivity index (χ1) is 9.60. The van der Waals surface area contributed by atoms with Gasteiger partial charge in [0.2, 0.25) is 0 Å². The summed E-state index contributed by atoms with van der Waals surface area (Å²) in [4.78, 5) is 2.14. The van der Waals surface area contributed by atoms with Gasteiger partial charge in [0.05, 0.1) is 12.7 Å². The van der Waals surface area contributed by atoms with E-state index in [0.717, 1.165) is 44.0 Å². The van der Waals surface area contributed by atoms with Crippen molar-refractivity contribution in [1.82, 2.24) is 4.90 Å². The van der Waals surface area contributed by atoms with Crippen LogP contribution >= 0.6 is 0 Å². The van der Waals surface area contributed by atoms with E-state index < -0.39 is 17.7 Å².